The van der Waals surface area contributed by atoms with Crippen LogP contribution in [0.2, 0.25) is 0 Å². The van der Waals surface area contributed by atoms with E-state index in [0.29, 0.717) is 17.6 Å². The van der Waals surface area contributed by atoms with Gasteiger partial charge in [0.2, 0.25) is 0 Å². The predicted molar refractivity (Wildman–Crippen MR) is 115 cm³/mol. The molecule has 2 saturated carbocycles. The van der Waals surface area contributed by atoms with Crippen LogP contribution in [-0.4, -0.2) is 5.78 Å². The molecule has 0 heterocycles. The third-order valence-corrected chi connectivity index (χ3v) is 7.35. The van der Waals surface area contributed by atoms with Crippen LogP contribution in [0, 0.1) is 11.8 Å². The lowest BCUT2D eigenvalue weighted by molar-refractivity contribution is -0.125. The number of Topliss-reactive ketones (excluding diaryl/α,β-unsaturated/α-hetero) is 1. The molecule has 0 bridgehead atoms. The lowest BCUT2D eigenvalue weighted by Gasteiger charge is -2.30. The third-order valence-electron chi connectivity index (χ3n) is 7.35. The zero-order valence-electron chi connectivity index (χ0n) is 17.7. The van der Waals surface area contributed by atoms with Crippen LogP contribution in [0.1, 0.15) is 120 Å². The van der Waals surface area contributed by atoms with Crippen LogP contribution in [0.5, 0.6) is 0 Å². The van der Waals surface area contributed by atoms with Gasteiger partial charge in [-0.3, -0.25) is 4.79 Å². The summed E-state index contributed by atoms with van der Waals surface area (Å²) in [6.45, 7) is 4.55. The SMILES string of the molecule is CCCCCC1CCC(c2ccc(C3CCC(CCC)CC3)cc2)CC1=O. The van der Waals surface area contributed by atoms with Crippen LogP contribution in [0.15, 0.2) is 24.3 Å². The Hall–Kier alpha value is -1.11. The van der Waals surface area contributed by atoms with Crippen molar-refractivity contribution >= 4 is 5.78 Å². The number of rotatable bonds is 8. The Bertz CT molecular complexity index is 564. The molecule has 0 spiro atoms. The van der Waals surface area contributed by atoms with Gasteiger partial charge < -0.3 is 0 Å². The standard InChI is InChI=1S/C26H40O/c1-3-5-6-8-24-17-18-25(19-26(24)27)23-15-13-22(14-16-23)21-11-9-20(7-4-2)10-12-21/h13-16,20-21,24-25H,3-12,17-19H2,1-2H3. The van der Waals surface area contributed by atoms with Gasteiger partial charge in [-0.2, -0.15) is 0 Å². The van der Waals surface area contributed by atoms with Crippen LogP contribution in [0.4, 0.5) is 0 Å². The summed E-state index contributed by atoms with van der Waals surface area (Å²) < 4.78 is 0. The van der Waals surface area contributed by atoms with Crippen molar-refractivity contribution in [1.82, 2.24) is 0 Å². The fourth-order valence-corrected chi connectivity index (χ4v) is 5.54. The fourth-order valence-electron chi connectivity index (χ4n) is 5.54. The molecule has 1 aromatic carbocycles. The fraction of sp³-hybridized carbons (Fsp3) is 0.731. The minimum absolute atomic E-state index is 0.352. The van der Waals surface area contributed by atoms with Gasteiger partial charge >= 0.3 is 0 Å². The number of unbranched alkanes of at least 4 members (excludes halogenated alkanes) is 2. The molecule has 0 radical (unpaired) electrons. The van der Waals surface area contributed by atoms with E-state index in [1.165, 1.54) is 75.3 Å². The molecular formula is C26H40O. The number of ketones is 1. The molecule has 0 N–H and O–H groups in total. The summed E-state index contributed by atoms with van der Waals surface area (Å²) in [7, 11) is 0. The Balaban J connectivity index is 1.50. The number of hydrogen-bond donors (Lipinski definition) is 0. The van der Waals surface area contributed by atoms with Gasteiger partial charge in [0.15, 0.2) is 0 Å². The first-order valence-electron chi connectivity index (χ1n) is 11.8. The van der Waals surface area contributed by atoms with Gasteiger partial charge in [-0.15, -0.1) is 0 Å². The number of carbonyl (C=O) groups is 1. The highest BCUT2D eigenvalue weighted by atomic mass is 16.1. The Morgan fingerprint density at radius 1 is 0.741 bits per heavy atom. The molecule has 2 aliphatic carbocycles. The van der Waals surface area contributed by atoms with E-state index in [2.05, 4.69) is 38.1 Å². The maximum atomic E-state index is 12.6. The molecular weight excluding hydrogens is 328 g/mol. The lowest BCUT2D eigenvalue weighted by atomic mass is 9.75. The van der Waals surface area contributed by atoms with E-state index in [9.17, 15) is 4.79 Å². The Kier molecular flexibility index (Phi) is 7.97. The zero-order valence-corrected chi connectivity index (χ0v) is 17.7. The Morgan fingerprint density at radius 3 is 1.96 bits per heavy atom. The van der Waals surface area contributed by atoms with Crippen LogP contribution >= 0.6 is 0 Å². The van der Waals surface area contributed by atoms with Crippen LogP contribution in [0.25, 0.3) is 0 Å². The van der Waals surface area contributed by atoms with E-state index in [-0.39, 0.29) is 0 Å². The van der Waals surface area contributed by atoms with E-state index >= 15 is 0 Å². The zero-order chi connectivity index (χ0) is 19.1. The predicted octanol–water partition coefficient (Wildman–Crippen LogP) is 7.79. The van der Waals surface area contributed by atoms with Gasteiger partial charge in [0, 0.05) is 12.3 Å². The highest BCUT2D eigenvalue weighted by Crippen LogP contribution is 2.39. The van der Waals surface area contributed by atoms with Gasteiger partial charge in [0.05, 0.1) is 0 Å². The molecule has 27 heavy (non-hydrogen) atoms. The van der Waals surface area contributed by atoms with Crippen molar-refractivity contribution in [1.29, 1.82) is 0 Å². The van der Waals surface area contributed by atoms with Crippen LogP contribution < -0.4 is 0 Å². The minimum Gasteiger partial charge on any atom is -0.299 e. The molecule has 150 valence electrons. The Morgan fingerprint density at radius 2 is 1.37 bits per heavy atom. The van der Waals surface area contributed by atoms with E-state index in [4.69, 9.17) is 0 Å². The molecule has 3 rings (SSSR count). The summed E-state index contributed by atoms with van der Waals surface area (Å²) in [5.74, 6) is 3.09. The summed E-state index contributed by atoms with van der Waals surface area (Å²) in [5, 5.41) is 0. The second-order valence-corrected chi connectivity index (χ2v) is 9.31. The molecule has 2 aliphatic rings. The van der Waals surface area contributed by atoms with E-state index in [1.807, 2.05) is 0 Å². The summed E-state index contributed by atoms with van der Waals surface area (Å²) in [4.78, 5) is 12.6. The number of benzene rings is 1. The van der Waals surface area contributed by atoms with Gasteiger partial charge in [-0.05, 0) is 73.8 Å². The second kappa shape index (κ2) is 10.4. The van der Waals surface area contributed by atoms with Crippen LogP contribution in [0.3, 0.4) is 0 Å². The van der Waals surface area contributed by atoms with E-state index in [0.717, 1.165) is 31.1 Å². The minimum atomic E-state index is 0.352. The first kappa shape index (κ1) is 20.6. The van der Waals surface area contributed by atoms with Crippen molar-refractivity contribution in [2.75, 3.05) is 0 Å². The smallest absolute Gasteiger partial charge is 0.136 e. The van der Waals surface area contributed by atoms with Crippen molar-refractivity contribution in [3.8, 4) is 0 Å². The molecule has 2 fully saturated rings. The number of hydrogen-bond acceptors (Lipinski definition) is 1. The molecule has 2 unspecified atom stereocenters. The molecule has 1 aromatic rings. The topological polar surface area (TPSA) is 17.1 Å². The quantitative estimate of drug-likeness (QED) is 0.428. The molecule has 2 atom stereocenters. The Labute approximate surface area is 167 Å². The van der Waals surface area contributed by atoms with Crippen molar-refractivity contribution in [2.24, 2.45) is 11.8 Å². The summed E-state index contributed by atoms with van der Waals surface area (Å²) in [6.07, 6.45) is 16.3. The highest BCUT2D eigenvalue weighted by molar-refractivity contribution is 5.82. The average molecular weight is 369 g/mol. The highest BCUT2D eigenvalue weighted by Gasteiger charge is 2.29. The number of carbonyl (C=O) groups excluding carboxylic acids is 1. The largest absolute Gasteiger partial charge is 0.299 e. The van der Waals surface area contributed by atoms with Crippen molar-refractivity contribution in [2.45, 2.75) is 109 Å². The van der Waals surface area contributed by atoms with Crippen molar-refractivity contribution in [3.05, 3.63) is 35.4 Å². The normalized spacial score (nSPS) is 29.0. The van der Waals surface area contributed by atoms with Crippen molar-refractivity contribution < 1.29 is 4.79 Å². The first-order valence-corrected chi connectivity index (χ1v) is 11.8. The second-order valence-electron chi connectivity index (χ2n) is 9.31. The third kappa shape index (κ3) is 5.69. The molecule has 0 aliphatic heterocycles. The molecule has 0 amide bonds. The van der Waals surface area contributed by atoms with Gasteiger partial charge in [-0.25, -0.2) is 0 Å². The van der Waals surface area contributed by atoms with E-state index < -0.39 is 0 Å². The molecule has 0 saturated heterocycles. The lowest BCUT2D eigenvalue weighted by Crippen LogP contribution is -2.24. The van der Waals surface area contributed by atoms with Gasteiger partial charge in [-0.1, -0.05) is 70.2 Å². The summed E-state index contributed by atoms with van der Waals surface area (Å²) in [6, 6.07) is 9.42. The molecule has 0 aromatic heterocycles. The van der Waals surface area contributed by atoms with Crippen LogP contribution in [-0.2, 0) is 4.79 Å². The van der Waals surface area contributed by atoms with E-state index in [1.54, 1.807) is 0 Å². The van der Waals surface area contributed by atoms with Crippen molar-refractivity contribution in [3.63, 3.8) is 0 Å². The average Bonchev–Trinajstić information content (AvgIpc) is 2.70. The maximum Gasteiger partial charge on any atom is 0.136 e. The maximum absolute atomic E-state index is 12.6. The summed E-state index contributed by atoms with van der Waals surface area (Å²) >= 11 is 0. The summed E-state index contributed by atoms with van der Waals surface area (Å²) in [5.41, 5.74) is 2.94. The molecule has 1 heteroatoms. The van der Waals surface area contributed by atoms with Gasteiger partial charge in [0.1, 0.15) is 5.78 Å². The molecule has 1 nitrogen and oxygen atoms in total. The van der Waals surface area contributed by atoms with Gasteiger partial charge in [0.25, 0.3) is 0 Å². The monoisotopic (exact) mass is 368 g/mol. The first-order chi connectivity index (χ1) is 13.2.